The highest BCUT2D eigenvalue weighted by atomic mass is 32.2. The fourth-order valence-electron chi connectivity index (χ4n) is 4.38. The topological polar surface area (TPSA) is 55.8 Å². The van der Waals surface area contributed by atoms with E-state index in [1.807, 2.05) is 18.0 Å². The van der Waals surface area contributed by atoms with Crippen LogP contribution in [0.1, 0.15) is 63.1 Å². The van der Waals surface area contributed by atoms with Gasteiger partial charge >= 0.3 is 0 Å². The molecule has 0 aromatic heterocycles. The van der Waals surface area contributed by atoms with Crippen LogP contribution in [-0.4, -0.2) is 51.7 Å². The maximum atomic E-state index is 11.5. The van der Waals surface area contributed by atoms with E-state index in [4.69, 9.17) is 5.21 Å². The molecule has 6 heteroatoms. The number of hydroxylamine groups is 1. The van der Waals surface area contributed by atoms with Gasteiger partial charge in [-0.2, -0.15) is 0 Å². The summed E-state index contributed by atoms with van der Waals surface area (Å²) >= 11 is 1.88. The monoisotopic (exact) mass is 429 g/mol. The fourth-order valence-corrected chi connectivity index (χ4v) is 5.52. The lowest BCUT2D eigenvalue weighted by Crippen LogP contribution is -2.30. The number of carbonyl (C=O) groups excluding carboxylic acids is 1. The summed E-state index contributed by atoms with van der Waals surface area (Å²) in [4.78, 5) is 14.0. The van der Waals surface area contributed by atoms with Crippen molar-refractivity contribution >= 4 is 17.9 Å². The number of hydrogen-bond donors (Lipinski definition) is 2. The van der Waals surface area contributed by atoms with Gasteiger partial charge < -0.3 is 0 Å². The summed E-state index contributed by atoms with van der Waals surface area (Å²) in [5, 5.41) is 9.24. The van der Waals surface area contributed by atoms with Crippen molar-refractivity contribution in [3.05, 3.63) is 59.2 Å². The Labute approximate surface area is 185 Å². The third kappa shape index (κ3) is 5.76. The fraction of sp³-hybridized carbons (Fsp3) is 0.542. The van der Waals surface area contributed by atoms with Crippen LogP contribution in [0, 0.1) is 0 Å². The summed E-state index contributed by atoms with van der Waals surface area (Å²) in [6.07, 6.45) is 9.64. The molecule has 2 N–H and O–H groups in total. The largest absolute Gasteiger partial charge is 0.297 e. The van der Waals surface area contributed by atoms with Crippen LogP contribution in [-0.2, 0) is 4.79 Å². The molecule has 0 saturated carbocycles. The van der Waals surface area contributed by atoms with E-state index in [1.54, 1.807) is 5.48 Å². The molecule has 164 valence electrons. The first-order valence-electron chi connectivity index (χ1n) is 11.1. The van der Waals surface area contributed by atoms with Crippen molar-refractivity contribution in [1.82, 2.24) is 14.7 Å². The molecule has 3 rings (SSSR count). The number of benzene rings is 1. The molecule has 1 aromatic rings. The van der Waals surface area contributed by atoms with E-state index in [2.05, 4.69) is 66.4 Å². The van der Waals surface area contributed by atoms with Crippen LogP contribution in [0.15, 0.2) is 48.1 Å². The van der Waals surface area contributed by atoms with Crippen molar-refractivity contribution in [3.8, 4) is 0 Å². The standard InChI is InChI=1S/C24H35N3O2S/c1-4-26(5-2)18(3)19-6-8-20(9-7-19)21-10-12-23(13-11-21)30-27-16-14-22(15-17-27)24(28)25-29/h6-10,12,14,18,21,23,29H,4-5,11,13,15-17H2,1-3H3,(H,25,28). The van der Waals surface area contributed by atoms with E-state index < -0.39 is 0 Å². The SMILES string of the molecule is CCN(CC)C(C)c1ccc(C2C=CC(SN3CC=C(C(=O)NO)CC3)CC2)cc1. The second-order valence-corrected chi connectivity index (χ2v) is 9.42. The predicted molar refractivity (Wildman–Crippen MR) is 124 cm³/mol. The van der Waals surface area contributed by atoms with E-state index in [0.717, 1.165) is 32.6 Å². The number of allylic oxidation sites excluding steroid dienone is 1. The van der Waals surface area contributed by atoms with Crippen molar-refractivity contribution in [2.24, 2.45) is 0 Å². The average Bonchev–Trinajstić information content (AvgIpc) is 2.80. The van der Waals surface area contributed by atoms with Crippen LogP contribution >= 0.6 is 11.9 Å². The summed E-state index contributed by atoms with van der Waals surface area (Å²) in [7, 11) is 0. The van der Waals surface area contributed by atoms with Crippen molar-refractivity contribution in [1.29, 1.82) is 0 Å². The molecule has 2 aliphatic rings. The lowest BCUT2D eigenvalue weighted by atomic mass is 9.88. The molecule has 1 amide bonds. The molecule has 1 aliphatic carbocycles. The molecule has 3 atom stereocenters. The van der Waals surface area contributed by atoms with Gasteiger partial charge in [0, 0.05) is 35.9 Å². The Morgan fingerprint density at radius 2 is 1.97 bits per heavy atom. The Bertz CT molecular complexity index is 758. The molecular weight excluding hydrogens is 394 g/mol. The van der Waals surface area contributed by atoms with Gasteiger partial charge in [0.15, 0.2) is 0 Å². The number of hydrogen-bond acceptors (Lipinski definition) is 5. The van der Waals surface area contributed by atoms with Gasteiger partial charge in [-0.15, -0.1) is 0 Å². The van der Waals surface area contributed by atoms with E-state index >= 15 is 0 Å². The molecule has 1 aromatic carbocycles. The zero-order valence-corrected chi connectivity index (χ0v) is 19.2. The molecule has 30 heavy (non-hydrogen) atoms. The second-order valence-electron chi connectivity index (χ2n) is 8.08. The molecular formula is C24H35N3O2S. The highest BCUT2D eigenvalue weighted by Gasteiger charge is 2.23. The van der Waals surface area contributed by atoms with Crippen LogP contribution < -0.4 is 5.48 Å². The zero-order chi connectivity index (χ0) is 21.5. The van der Waals surface area contributed by atoms with E-state index in [0.29, 0.717) is 29.2 Å². The van der Waals surface area contributed by atoms with Gasteiger partial charge in [0.25, 0.3) is 5.91 Å². The van der Waals surface area contributed by atoms with Crippen molar-refractivity contribution in [3.63, 3.8) is 0 Å². The maximum Gasteiger partial charge on any atom is 0.270 e. The third-order valence-corrected chi connectivity index (χ3v) is 7.67. The Balaban J connectivity index is 1.52. The lowest BCUT2D eigenvalue weighted by molar-refractivity contribution is -0.125. The van der Waals surface area contributed by atoms with Crippen molar-refractivity contribution in [2.45, 2.75) is 57.2 Å². The first-order valence-corrected chi connectivity index (χ1v) is 12.0. The van der Waals surface area contributed by atoms with E-state index in [9.17, 15) is 4.79 Å². The van der Waals surface area contributed by atoms with Gasteiger partial charge in [-0.05, 0) is 50.4 Å². The van der Waals surface area contributed by atoms with Gasteiger partial charge in [-0.25, -0.2) is 9.79 Å². The molecule has 0 fully saturated rings. The Morgan fingerprint density at radius 3 is 2.50 bits per heavy atom. The average molecular weight is 430 g/mol. The first-order chi connectivity index (χ1) is 14.5. The summed E-state index contributed by atoms with van der Waals surface area (Å²) < 4.78 is 2.31. The van der Waals surface area contributed by atoms with Gasteiger partial charge in [0.2, 0.25) is 0 Å². The summed E-state index contributed by atoms with van der Waals surface area (Å²) in [5.74, 6) is 0.123. The van der Waals surface area contributed by atoms with Gasteiger partial charge in [-0.3, -0.25) is 14.9 Å². The van der Waals surface area contributed by atoms with E-state index in [1.165, 1.54) is 17.5 Å². The van der Waals surface area contributed by atoms with Gasteiger partial charge in [-0.1, -0.05) is 68.3 Å². The lowest BCUT2D eigenvalue weighted by Gasteiger charge is -2.30. The molecule has 1 heterocycles. The molecule has 5 nitrogen and oxygen atoms in total. The van der Waals surface area contributed by atoms with Crippen molar-refractivity contribution in [2.75, 3.05) is 26.2 Å². The molecule has 0 saturated heterocycles. The normalized spacial score (nSPS) is 23.3. The third-order valence-electron chi connectivity index (χ3n) is 6.38. The quantitative estimate of drug-likeness (QED) is 0.272. The number of rotatable bonds is 8. The highest BCUT2D eigenvalue weighted by Crippen LogP contribution is 2.35. The predicted octanol–water partition coefficient (Wildman–Crippen LogP) is 4.68. The van der Waals surface area contributed by atoms with Crippen LogP contribution in [0.25, 0.3) is 0 Å². The first kappa shape index (κ1) is 23.1. The summed E-state index contributed by atoms with van der Waals surface area (Å²) in [6, 6.07) is 9.67. The molecule has 3 unspecified atom stereocenters. The maximum absolute atomic E-state index is 11.5. The molecule has 1 aliphatic heterocycles. The number of amides is 1. The minimum absolute atomic E-state index is 0.377. The second kappa shape index (κ2) is 11.1. The number of carbonyl (C=O) groups is 1. The van der Waals surface area contributed by atoms with Crippen LogP contribution in [0.5, 0.6) is 0 Å². The van der Waals surface area contributed by atoms with Crippen molar-refractivity contribution < 1.29 is 10.0 Å². The highest BCUT2D eigenvalue weighted by molar-refractivity contribution is 7.97. The van der Waals surface area contributed by atoms with Gasteiger partial charge in [0.1, 0.15) is 0 Å². The molecule has 0 spiro atoms. The molecule has 0 radical (unpaired) electrons. The number of nitrogens with zero attached hydrogens (tertiary/aromatic N) is 2. The van der Waals surface area contributed by atoms with Gasteiger partial charge in [0.05, 0.1) is 0 Å². The van der Waals surface area contributed by atoms with Crippen LogP contribution in [0.3, 0.4) is 0 Å². The summed E-state index contributed by atoms with van der Waals surface area (Å²) in [5.41, 5.74) is 5.20. The minimum atomic E-state index is -0.377. The Hall–Kier alpha value is -1.60. The smallest absolute Gasteiger partial charge is 0.270 e. The Kier molecular flexibility index (Phi) is 8.57. The van der Waals surface area contributed by atoms with Crippen LogP contribution in [0.4, 0.5) is 0 Å². The summed E-state index contributed by atoms with van der Waals surface area (Å²) in [6.45, 7) is 10.5. The van der Waals surface area contributed by atoms with Crippen LogP contribution in [0.2, 0.25) is 0 Å². The zero-order valence-electron chi connectivity index (χ0n) is 18.4. The minimum Gasteiger partial charge on any atom is -0.297 e. The van der Waals surface area contributed by atoms with E-state index in [-0.39, 0.29) is 5.91 Å². The molecule has 0 bridgehead atoms. The Morgan fingerprint density at radius 1 is 1.23 bits per heavy atom. The number of nitrogens with one attached hydrogen (secondary N) is 1.